The molecule has 4 nitrogen and oxygen atoms in total. The fourth-order valence-corrected chi connectivity index (χ4v) is 6.74. The van der Waals surface area contributed by atoms with Gasteiger partial charge in [0.2, 0.25) is 0 Å². The molecule has 0 bridgehead atoms. The van der Waals surface area contributed by atoms with Crippen LogP contribution in [0.2, 0.25) is 0 Å². The van der Waals surface area contributed by atoms with Crippen molar-refractivity contribution < 1.29 is 13.2 Å². The number of thiophene rings is 1. The molecule has 6 heteroatoms. The third kappa shape index (κ3) is 5.82. The molecule has 0 spiro atoms. The summed E-state index contributed by atoms with van der Waals surface area (Å²) >= 11 is 1.58. The van der Waals surface area contributed by atoms with E-state index in [9.17, 15) is 8.42 Å². The first-order chi connectivity index (χ1) is 19.0. The van der Waals surface area contributed by atoms with E-state index in [2.05, 4.69) is 0 Å². The highest BCUT2D eigenvalue weighted by atomic mass is 32.2. The number of sulfonamides is 1. The van der Waals surface area contributed by atoms with Gasteiger partial charge in [0.1, 0.15) is 5.75 Å². The molecule has 1 aromatic heterocycles. The van der Waals surface area contributed by atoms with Crippen LogP contribution in [0.4, 0.5) is 0 Å². The summed E-state index contributed by atoms with van der Waals surface area (Å²) < 4.78 is 36.1. The Morgan fingerprint density at radius 2 is 1.38 bits per heavy atom. The first-order valence-corrected chi connectivity index (χ1v) is 14.9. The first-order valence-electron chi connectivity index (χ1n) is 12.6. The zero-order chi connectivity index (χ0) is 27.2. The Kier molecular flexibility index (Phi) is 7.96. The molecule has 0 fully saturated rings. The molecule has 0 aliphatic rings. The molecule has 5 aromatic rings. The van der Waals surface area contributed by atoms with Gasteiger partial charge in [-0.05, 0) is 71.5 Å². The Morgan fingerprint density at radius 1 is 0.744 bits per heavy atom. The van der Waals surface area contributed by atoms with Crippen LogP contribution in [0.25, 0.3) is 11.3 Å². The summed E-state index contributed by atoms with van der Waals surface area (Å²) in [6.45, 7) is 2.12. The lowest BCUT2D eigenvalue weighted by Crippen LogP contribution is -2.30. The van der Waals surface area contributed by atoms with E-state index in [1.165, 1.54) is 0 Å². The molecule has 0 unspecified atom stereocenters. The van der Waals surface area contributed by atoms with Crippen molar-refractivity contribution in [3.63, 3.8) is 0 Å². The molecular weight excluding hydrogens is 523 g/mol. The molecule has 4 aromatic carbocycles. The first kappa shape index (κ1) is 26.5. The monoisotopic (exact) mass is 551 g/mol. The maximum Gasteiger partial charge on any atom is 0.264 e. The minimum Gasteiger partial charge on any atom is -0.497 e. The number of hydrogen-bond acceptors (Lipinski definition) is 4. The van der Waals surface area contributed by atoms with Crippen LogP contribution >= 0.6 is 11.3 Å². The van der Waals surface area contributed by atoms with Gasteiger partial charge in [0.25, 0.3) is 10.0 Å². The van der Waals surface area contributed by atoms with Gasteiger partial charge in [0.15, 0.2) is 0 Å². The van der Waals surface area contributed by atoms with Crippen molar-refractivity contribution in [1.29, 1.82) is 0 Å². The molecule has 5 rings (SSSR count). The third-order valence-electron chi connectivity index (χ3n) is 6.46. The molecule has 0 amide bonds. The minimum atomic E-state index is -3.97. The SMILES string of the molecule is COc1ccc(/C(=C(/c2ccccc2)c2cccs2)N(Cc2ccccc2)S(=O)(=O)c2ccc(C)cc2)cc1. The van der Waals surface area contributed by atoms with Crippen LogP contribution in [0.3, 0.4) is 0 Å². The number of ether oxygens (including phenoxy) is 1. The molecular formula is C33H29NO3S2. The Bertz CT molecular complexity index is 1640. The predicted octanol–water partition coefficient (Wildman–Crippen LogP) is 7.87. The Balaban J connectivity index is 1.85. The van der Waals surface area contributed by atoms with E-state index in [1.807, 2.05) is 121 Å². The molecule has 0 N–H and O–H groups in total. The van der Waals surface area contributed by atoms with Crippen LogP contribution in [0.5, 0.6) is 5.75 Å². The van der Waals surface area contributed by atoms with Gasteiger partial charge in [-0.1, -0.05) is 84.4 Å². The summed E-state index contributed by atoms with van der Waals surface area (Å²) in [5.74, 6) is 0.700. The van der Waals surface area contributed by atoms with Crippen LogP contribution in [-0.4, -0.2) is 19.8 Å². The maximum absolute atomic E-state index is 14.6. The van der Waals surface area contributed by atoms with Crippen molar-refractivity contribution in [1.82, 2.24) is 4.31 Å². The second-order valence-corrected chi connectivity index (χ2v) is 11.9. The highest BCUT2D eigenvalue weighted by Gasteiger charge is 2.31. The maximum atomic E-state index is 14.6. The summed E-state index contributed by atoms with van der Waals surface area (Å²) in [4.78, 5) is 1.22. The Hall–Kier alpha value is -4.13. The van der Waals surface area contributed by atoms with E-state index in [1.54, 1.807) is 34.9 Å². The normalized spacial score (nSPS) is 12.1. The van der Waals surface area contributed by atoms with Gasteiger partial charge in [0.05, 0.1) is 24.2 Å². The van der Waals surface area contributed by atoms with Crippen LogP contribution in [0, 0.1) is 6.92 Å². The van der Waals surface area contributed by atoms with E-state index in [4.69, 9.17) is 4.74 Å². The number of methoxy groups -OCH3 is 1. The fourth-order valence-electron chi connectivity index (χ4n) is 4.45. The molecule has 39 heavy (non-hydrogen) atoms. The quantitative estimate of drug-likeness (QED) is 0.175. The van der Waals surface area contributed by atoms with E-state index in [0.717, 1.165) is 32.7 Å². The minimum absolute atomic E-state index is 0.167. The second kappa shape index (κ2) is 11.7. The molecule has 0 radical (unpaired) electrons. The zero-order valence-corrected chi connectivity index (χ0v) is 23.5. The van der Waals surface area contributed by atoms with Gasteiger partial charge in [-0.15, -0.1) is 11.3 Å². The fraction of sp³-hybridized carbons (Fsp3) is 0.0909. The van der Waals surface area contributed by atoms with Gasteiger partial charge in [-0.2, -0.15) is 0 Å². The smallest absolute Gasteiger partial charge is 0.264 e. The van der Waals surface area contributed by atoms with Crippen molar-refractivity contribution in [2.24, 2.45) is 0 Å². The van der Waals surface area contributed by atoms with Gasteiger partial charge in [-0.25, -0.2) is 8.42 Å². The molecule has 0 aliphatic heterocycles. The van der Waals surface area contributed by atoms with Gasteiger partial charge >= 0.3 is 0 Å². The lowest BCUT2D eigenvalue weighted by Gasteiger charge is -2.30. The average molecular weight is 552 g/mol. The topological polar surface area (TPSA) is 46.6 Å². The average Bonchev–Trinajstić information content (AvgIpc) is 3.51. The van der Waals surface area contributed by atoms with Crippen LogP contribution in [0.1, 0.15) is 27.1 Å². The summed E-state index contributed by atoms with van der Waals surface area (Å²) in [6, 6.07) is 38.3. The van der Waals surface area contributed by atoms with Crippen molar-refractivity contribution >= 4 is 32.6 Å². The number of aryl methyl sites for hydroxylation is 1. The zero-order valence-electron chi connectivity index (χ0n) is 21.8. The molecule has 196 valence electrons. The second-order valence-electron chi connectivity index (χ2n) is 9.11. The molecule has 0 atom stereocenters. The standard InChI is InChI=1S/C33H29NO3S2/c1-25-15-21-30(22-16-25)39(35,36)34(24-26-10-5-3-6-11-26)33(28-17-19-29(37-2)20-18-28)32(31-14-9-23-38-31)27-12-7-4-8-13-27/h3-23H,24H2,1-2H3/b33-32+. The predicted molar refractivity (Wildman–Crippen MR) is 160 cm³/mol. The summed E-state index contributed by atoms with van der Waals surface area (Å²) in [7, 11) is -2.35. The van der Waals surface area contributed by atoms with Crippen LogP contribution in [0.15, 0.2) is 132 Å². The number of rotatable bonds is 9. The molecule has 0 aliphatic carbocycles. The van der Waals surface area contributed by atoms with Crippen molar-refractivity contribution in [2.75, 3.05) is 7.11 Å². The number of hydrogen-bond donors (Lipinski definition) is 0. The largest absolute Gasteiger partial charge is 0.497 e. The third-order valence-corrected chi connectivity index (χ3v) is 9.10. The van der Waals surface area contributed by atoms with E-state index < -0.39 is 10.0 Å². The van der Waals surface area contributed by atoms with Gasteiger partial charge < -0.3 is 4.74 Å². The number of benzene rings is 4. The molecule has 0 saturated carbocycles. The lowest BCUT2D eigenvalue weighted by atomic mass is 9.97. The molecule has 1 heterocycles. The van der Waals surface area contributed by atoms with Gasteiger partial charge in [-0.3, -0.25) is 4.31 Å². The van der Waals surface area contributed by atoms with Gasteiger partial charge in [0, 0.05) is 10.5 Å². The van der Waals surface area contributed by atoms with Crippen molar-refractivity contribution in [3.05, 3.63) is 154 Å². The number of nitrogens with zero attached hydrogens (tertiary/aromatic N) is 1. The van der Waals surface area contributed by atoms with E-state index in [-0.39, 0.29) is 11.4 Å². The van der Waals surface area contributed by atoms with Crippen molar-refractivity contribution in [2.45, 2.75) is 18.4 Å². The highest BCUT2D eigenvalue weighted by molar-refractivity contribution is 7.89. The summed E-state index contributed by atoms with van der Waals surface area (Å²) in [6.07, 6.45) is 0. The lowest BCUT2D eigenvalue weighted by molar-refractivity contribution is 0.414. The highest BCUT2D eigenvalue weighted by Crippen LogP contribution is 2.40. The van der Waals surface area contributed by atoms with Crippen LogP contribution < -0.4 is 4.74 Å². The van der Waals surface area contributed by atoms with Crippen molar-refractivity contribution in [3.8, 4) is 5.75 Å². The van der Waals surface area contributed by atoms with E-state index >= 15 is 0 Å². The van der Waals surface area contributed by atoms with E-state index in [0.29, 0.717) is 11.4 Å². The summed E-state index contributed by atoms with van der Waals surface area (Å²) in [5.41, 5.74) is 5.05. The molecule has 0 saturated heterocycles. The Morgan fingerprint density at radius 3 is 1.97 bits per heavy atom. The van der Waals surface area contributed by atoms with Crippen LogP contribution in [-0.2, 0) is 16.6 Å². The Labute approximate surface area is 234 Å². The summed E-state index contributed by atoms with van der Waals surface area (Å²) in [5, 5.41) is 2.01.